The second-order valence-electron chi connectivity index (χ2n) is 12.5. The van der Waals surface area contributed by atoms with E-state index in [9.17, 15) is 15.0 Å². The van der Waals surface area contributed by atoms with Crippen molar-refractivity contribution in [1.29, 1.82) is 0 Å². The van der Waals surface area contributed by atoms with Gasteiger partial charge in [-0.05, 0) is 104 Å². The highest BCUT2D eigenvalue weighted by Gasteiger charge is 2.50. The maximum atomic E-state index is 12.4. The minimum Gasteiger partial charge on any atom is -0.458 e. The fourth-order valence-electron chi connectivity index (χ4n) is 7.16. The van der Waals surface area contributed by atoms with Crippen LogP contribution in [0.5, 0.6) is 0 Å². The van der Waals surface area contributed by atoms with Gasteiger partial charge in [-0.1, -0.05) is 58.1 Å². The summed E-state index contributed by atoms with van der Waals surface area (Å²) in [5, 5.41) is 20.3. The number of esters is 1. The van der Waals surface area contributed by atoms with E-state index in [4.69, 9.17) is 4.74 Å². The second-order valence-corrected chi connectivity index (χ2v) is 12.5. The van der Waals surface area contributed by atoms with Gasteiger partial charge in [0.25, 0.3) is 0 Å². The van der Waals surface area contributed by atoms with Gasteiger partial charge in [0.2, 0.25) is 0 Å². The van der Waals surface area contributed by atoms with Gasteiger partial charge in [-0.2, -0.15) is 0 Å². The number of rotatable bonds is 8. The molecule has 1 unspecified atom stereocenters. The van der Waals surface area contributed by atoms with Crippen LogP contribution in [0.15, 0.2) is 47.6 Å². The number of ether oxygens (including phenoxy) is 1. The standard InChI is InChI=1S/C32H48O4/c1-6-20(2)31(35)36-30(24-11-12-24)16-9-21(3)27-14-15-28-23(8-7-17-32(27,28)5)10-13-25-18-26(33)19-29(34)22(25)4/h9-10,13,16,20-21,24,26-30,33-34H,4,6-8,11-12,14-15,17-19H2,1-3,5H3/b16-9+,23-10+,25-13-/t20?,21-,26-,27-,28+,29+,30+,32-/m1/s1. The van der Waals surface area contributed by atoms with E-state index in [1.807, 2.05) is 13.8 Å². The molecule has 0 saturated heterocycles. The Hall–Kier alpha value is -1.65. The zero-order valence-corrected chi connectivity index (χ0v) is 22.9. The van der Waals surface area contributed by atoms with E-state index < -0.39 is 12.2 Å². The van der Waals surface area contributed by atoms with E-state index in [2.05, 4.69) is 44.7 Å². The first-order chi connectivity index (χ1) is 17.1. The Morgan fingerprint density at radius 1 is 1.17 bits per heavy atom. The van der Waals surface area contributed by atoms with Crippen LogP contribution in [0.2, 0.25) is 0 Å². The van der Waals surface area contributed by atoms with Crippen molar-refractivity contribution in [3.8, 4) is 0 Å². The van der Waals surface area contributed by atoms with E-state index in [1.165, 1.54) is 31.3 Å². The van der Waals surface area contributed by atoms with Gasteiger partial charge in [-0.15, -0.1) is 0 Å². The van der Waals surface area contributed by atoms with Crippen LogP contribution in [0.4, 0.5) is 0 Å². The number of hydrogen-bond acceptors (Lipinski definition) is 4. The molecule has 4 aliphatic carbocycles. The summed E-state index contributed by atoms with van der Waals surface area (Å²) in [6.07, 6.45) is 17.9. The van der Waals surface area contributed by atoms with Gasteiger partial charge in [0.1, 0.15) is 6.10 Å². The Kier molecular flexibility index (Phi) is 8.67. The van der Waals surface area contributed by atoms with Crippen molar-refractivity contribution in [1.82, 2.24) is 0 Å². The molecular weight excluding hydrogens is 448 g/mol. The Balaban J connectivity index is 1.45. The monoisotopic (exact) mass is 496 g/mol. The van der Waals surface area contributed by atoms with Gasteiger partial charge in [0, 0.05) is 6.42 Å². The van der Waals surface area contributed by atoms with E-state index in [-0.39, 0.29) is 23.4 Å². The van der Waals surface area contributed by atoms with Crippen LogP contribution in [0.1, 0.15) is 91.9 Å². The molecule has 0 heterocycles. The molecule has 4 heteroatoms. The summed E-state index contributed by atoms with van der Waals surface area (Å²) in [4.78, 5) is 12.4. The SMILES string of the molecule is C=C1/C(=C\C=C2/CCC[C@]3(C)[C@@H]([C@H](C)/C=C/[C@H](OC(=O)C(C)CC)C4CC4)CC[C@@H]23)C[C@@H](O)C[C@@H]1O. The molecule has 4 fully saturated rings. The molecule has 8 atom stereocenters. The minimum absolute atomic E-state index is 0.0358. The molecule has 4 saturated carbocycles. The highest BCUT2D eigenvalue weighted by molar-refractivity contribution is 5.72. The molecule has 0 spiro atoms. The minimum atomic E-state index is -0.637. The van der Waals surface area contributed by atoms with Gasteiger partial charge < -0.3 is 14.9 Å². The largest absolute Gasteiger partial charge is 0.458 e. The molecule has 200 valence electrons. The van der Waals surface area contributed by atoms with Crippen molar-refractivity contribution < 1.29 is 19.7 Å². The van der Waals surface area contributed by atoms with Gasteiger partial charge in [0.05, 0.1) is 18.1 Å². The number of hydrogen-bond donors (Lipinski definition) is 2. The molecule has 4 nitrogen and oxygen atoms in total. The molecule has 0 bridgehead atoms. The Morgan fingerprint density at radius 3 is 2.61 bits per heavy atom. The topological polar surface area (TPSA) is 66.8 Å². The molecule has 36 heavy (non-hydrogen) atoms. The molecule has 0 aliphatic heterocycles. The fraction of sp³-hybridized carbons (Fsp3) is 0.719. The molecule has 4 aliphatic rings. The molecule has 0 radical (unpaired) electrons. The second kappa shape index (κ2) is 11.4. The highest BCUT2D eigenvalue weighted by atomic mass is 16.5. The van der Waals surface area contributed by atoms with Crippen LogP contribution in [0.3, 0.4) is 0 Å². The summed E-state index contributed by atoms with van der Waals surface area (Å²) < 4.78 is 5.92. The lowest BCUT2D eigenvalue weighted by atomic mass is 9.61. The Labute approximate surface area is 218 Å². The van der Waals surface area contributed by atoms with Crippen LogP contribution >= 0.6 is 0 Å². The number of fused-ring (bicyclic) bond motifs is 1. The first-order valence-corrected chi connectivity index (χ1v) is 14.5. The van der Waals surface area contributed by atoms with Crippen molar-refractivity contribution in [2.24, 2.45) is 35.0 Å². The number of aliphatic hydroxyl groups excluding tert-OH is 2. The quantitative estimate of drug-likeness (QED) is 0.290. The summed E-state index contributed by atoms with van der Waals surface area (Å²) in [5.41, 5.74) is 3.55. The van der Waals surface area contributed by atoms with Crippen molar-refractivity contribution in [2.45, 2.75) is 110 Å². The average molecular weight is 497 g/mol. The molecule has 0 aromatic rings. The number of carbonyl (C=O) groups excluding carboxylic acids is 1. The number of allylic oxidation sites excluding steroid dienone is 4. The number of carbonyl (C=O) groups is 1. The summed E-state index contributed by atoms with van der Waals surface area (Å²) in [7, 11) is 0. The molecule has 4 rings (SSSR count). The van der Waals surface area contributed by atoms with Crippen LogP contribution in [-0.4, -0.2) is 34.5 Å². The predicted octanol–water partition coefficient (Wildman–Crippen LogP) is 6.69. The highest BCUT2D eigenvalue weighted by Crippen LogP contribution is 2.59. The fourth-order valence-corrected chi connectivity index (χ4v) is 7.16. The van der Waals surface area contributed by atoms with Gasteiger partial charge in [0.15, 0.2) is 0 Å². The molecule has 0 amide bonds. The smallest absolute Gasteiger partial charge is 0.309 e. The van der Waals surface area contributed by atoms with Crippen molar-refractivity contribution in [3.05, 3.63) is 47.6 Å². The summed E-state index contributed by atoms with van der Waals surface area (Å²) in [5.74, 6) is 2.05. The molecule has 0 aromatic heterocycles. The van der Waals surface area contributed by atoms with Crippen molar-refractivity contribution in [3.63, 3.8) is 0 Å². The predicted molar refractivity (Wildman–Crippen MR) is 145 cm³/mol. The maximum Gasteiger partial charge on any atom is 0.309 e. The van der Waals surface area contributed by atoms with E-state index >= 15 is 0 Å². The van der Waals surface area contributed by atoms with E-state index in [0.717, 1.165) is 36.8 Å². The molecular formula is C32H48O4. The number of aliphatic hydroxyl groups is 2. The zero-order valence-electron chi connectivity index (χ0n) is 22.9. The lowest BCUT2D eigenvalue weighted by Crippen LogP contribution is -2.35. The van der Waals surface area contributed by atoms with E-state index in [0.29, 0.717) is 36.5 Å². The van der Waals surface area contributed by atoms with Gasteiger partial charge >= 0.3 is 5.97 Å². The first-order valence-electron chi connectivity index (χ1n) is 14.5. The Bertz CT molecular complexity index is 909. The van der Waals surface area contributed by atoms with Crippen molar-refractivity contribution >= 4 is 5.97 Å². The Morgan fingerprint density at radius 2 is 1.92 bits per heavy atom. The average Bonchev–Trinajstić information content (AvgIpc) is 3.63. The molecule has 2 N–H and O–H groups in total. The summed E-state index contributed by atoms with van der Waals surface area (Å²) in [6.45, 7) is 12.9. The van der Waals surface area contributed by atoms with Crippen molar-refractivity contribution in [2.75, 3.05) is 0 Å². The van der Waals surface area contributed by atoms with E-state index in [1.54, 1.807) is 0 Å². The normalized spacial score (nSPS) is 37.8. The first kappa shape index (κ1) is 27.4. The lowest BCUT2D eigenvalue weighted by molar-refractivity contribution is -0.152. The van der Waals surface area contributed by atoms with Crippen LogP contribution < -0.4 is 0 Å². The third kappa shape index (κ3) is 5.91. The molecule has 0 aromatic carbocycles. The van der Waals surface area contributed by atoms with Gasteiger partial charge in [-0.25, -0.2) is 0 Å². The van der Waals surface area contributed by atoms with Crippen LogP contribution in [0.25, 0.3) is 0 Å². The maximum absolute atomic E-state index is 12.4. The van der Waals surface area contributed by atoms with Crippen LogP contribution in [-0.2, 0) is 9.53 Å². The summed E-state index contributed by atoms with van der Waals surface area (Å²) in [6, 6.07) is 0. The lowest BCUT2D eigenvalue weighted by Gasteiger charge is -2.44. The van der Waals surface area contributed by atoms with Crippen LogP contribution in [0, 0.1) is 35.0 Å². The third-order valence-electron chi connectivity index (χ3n) is 9.89. The van der Waals surface area contributed by atoms with Gasteiger partial charge in [-0.3, -0.25) is 4.79 Å². The zero-order chi connectivity index (χ0) is 26.0. The summed E-state index contributed by atoms with van der Waals surface area (Å²) >= 11 is 0. The third-order valence-corrected chi connectivity index (χ3v) is 9.89.